The number of nitrogens with one attached hydrogen (secondary N) is 1. The molecule has 1 amide bonds. The van der Waals surface area contributed by atoms with Crippen molar-refractivity contribution >= 4 is 11.7 Å². The van der Waals surface area contributed by atoms with Crippen molar-refractivity contribution in [1.82, 2.24) is 10.4 Å². The maximum atomic E-state index is 10.6. The molecule has 60 valence electrons. The van der Waals surface area contributed by atoms with Gasteiger partial charge in [0.15, 0.2) is 0 Å². The van der Waals surface area contributed by atoms with Crippen LogP contribution in [0.2, 0.25) is 0 Å². The normalized spacial score (nSPS) is 16.7. The van der Waals surface area contributed by atoms with Crippen molar-refractivity contribution in [2.75, 3.05) is 7.05 Å². The van der Waals surface area contributed by atoms with Crippen molar-refractivity contribution in [2.24, 2.45) is 10.7 Å². The molecule has 0 spiro atoms. The van der Waals surface area contributed by atoms with Crippen LogP contribution in [-0.2, 0) is 4.79 Å². The van der Waals surface area contributed by atoms with Gasteiger partial charge in [0.1, 0.15) is 11.5 Å². The summed E-state index contributed by atoms with van der Waals surface area (Å²) in [6.45, 7) is 1.78. The van der Waals surface area contributed by atoms with Crippen molar-refractivity contribution in [3.05, 3.63) is 11.9 Å². The highest BCUT2D eigenvalue weighted by atomic mass is 16.1. The molecule has 1 aliphatic heterocycles. The summed E-state index contributed by atoms with van der Waals surface area (Å²) in [7, 11) is 1.80. The third-order valence-electron chi connectivity index (χ3n) is 1.42. The molecule has 0 radical (unpaired) electrons. The third-order valence-corrected chi connectivity index (χ3v) is 1.42. The van der Waals surface area contributed by atoms with E-state index in [4.69, 9.17) is 5.73 Å². The fraction of sp³-hybridized carbons (Fsp3) is 0.333. The smallest absolute Gasteiger partial charge is 0.268 e. The van der Waals surface area contributed by atoms with E-state index in [1.165, 1.54) is 6.20 Å². The monoisotopic (exact) mass is 154 g/mol. The van der Waals surface area contributed by atoms with Crippen LogP contribution in [0.1, 0.15) is 6.92 Å². The Bertz CT molecular complexity index is 243. The zero-order chi connectivity index (χ0) is 8.43. The van der Waals surface area contributed by atoms with Gasteiger partial charge in [0.2, 0.25) is 0 Å². The summed E-state index contributed by atoms with van der Waals surface area (Å²) in [6.07, 6.45) is 1.47. The lowest BCUT2D eigenvalue weighted by atomic mass is 10.4. The van der Waals surface area contributed by atoms with Crippen molar-refractivity contribution in [2.45, 2.75) is 6.92 Å². The third kappa shape index (κ3) is 1.49. The molecule has 0 unspecified atom stereocenters. The molecular formula is C6H10N4O. The molecule has 0 aromatic carbocycles. The summed E-state index contributed by atoms with van der Waals surface area (Å²) in [5.74, 6) is 0.186. The van der Waals surface area contributed by atoms with E-state index in [9.17, 15) is 4.79 Å². The average Bonchev–Trinajstić information content (AvgIpc) is 1.94. The molecule has 5 nitrogen and oxygen atoms in total. The molecule has 0 aliphatic carbocycles. The standard InChI is InChI=1S/C6H10N4O/c1-4-9-5(6(7)11)3-8-10(4)2/h3,8H,1-2H3,(H2,7,11). The molecule has 11 heavy (non-hydrogen) atoms. The van der Waals surface area contributed by atoms with Crippen LogP contribution in [-0.4, -0.2) is 23.8 Å². The van der Waals surface area contributed by atoms with Crippen molar-refractivity contribution in [3.8, 4) is 0 Å². The number of amides is 1. The average molecular weight is 154 g/mol. The van der Waals surface area contributed by atoms with Gasteiger partial charge in [-0.3, -0.25) is 9.80 Å². The quantitative estimate of drug-likeness (QED) is 0.518. The molecular weight excluding hydrogens is 144 g/mol. The number of hydrazine groups is 1. The zero-order valence-electron chi connectivity index (χ0n) is 6.46. The topological polar surface area (TPSA) is 70.7 Å². The SMILES string of the molecule is CC1=NC(C(N)=O)=CNN1C. The van der Waals surface area contributed by atoms with Gasteiger partial charge < -0.3 is 11.2 Å². The van der Waals surface area contributed by atoms with Crippen molar-refractivity contribution in [1.29, 1.82) is 0 Å². The predicted octanol–water partition coefficient (Wildman–Crippen LogP) is -0.818. The highest BCUT2D eigenvalue weighted by molar-refractivity contribution is 5.95. The first-order valence-electron chi connectivity index (χ1n) is 3.16. The van der Waals surface area contributed by atoms with Crippen LogP contribution < -0.4 is 11.2 Å². The van der Waals surface area contributed by atoms with E-state index in [0.29, 0.717) is 5.84 Å². The van der Waals surface area contributed by atoms with Crippen LogP contribution in [0.4, 0.5) is 0 Å². The van der Waals surface area contributed by atoms with Gasteiger partial charge >= 0.3 is 0 Å². The van der Waals surface area contributed by atoms with E-state index in [1.54, 1.807) is 19.0 Å². The zero-order valence-corrected chi connectivity index (χ0v) is 6.46. The molecule has 0 bridgehead atoms. The molecule has 0 aromatic rings. The summed E-state index contributed by atoms with van der Waals surface area (Å²) in [4.78, 5) is 14.5. The number of carbonyl (C=O) groups excluding carboxylic acids is 1. The van der Waals surface area contributed by atoms with Gasteiger partial charge in [-0.05, 0) is 6.92 Å². The Labute approximate surface area is 64.5 Å². The second-order valence-electron chi connectivity index (χ2n) is 2.24. The number of nitrogens with two attached hydrogens (primary N) is 1. The first kappa shape index (κ1) is 7.59. The number of hydrogen-bond donors (Lipinski definition) is 2. The molecule has 0 saturated carbocycles. The van der Waals surface area contributed by atoms with Crippen LogP contribution in [0.15, 0.2) is 16.9 Å². The number of rotatable bonds is 1. The molecule has 0 aromatic heterocycles. The number of aliphatic imine (C=N–C) groups is 1. The van der Waals surface area contributed by atoms with Gasteiger partial charge in [0, 0.05) is 13.2 Å². The molecule has 3 N–H and O–H groups in total. The summed E-state index contributed by atoms with van der Waals surface area (Å²) >= 11 is 0. The van der Waals surface area contributed by atoms with Crippen molar-refractivity contribution < 1.29 is 4.79 Å². The Balaban J connectivity index is 2.83. The lowest BCUT2D eigenvalue weighted by molar-refractivity contribution is -0.114. The van der Waals surface area contributed by atoms with Gasteiger partial charge in [0.05, 0.1) is 0 Å². The maximum Gasteiger partial charge on any atom is 0.268 e. The Morgan fingerprint density at radius 3 is 2.91 bits per heavy atom. The predicted molar refractivity (Wildman–Crippen MR) is 41.3 cm³/mol. The maximum absolute atomic E-state index is 10.6. The molecule has 1 heterocycles. The Hall–Kier alpha value is -1.52. The van der Waals surface area contributed by atoms with E-state index in [2.05, 4.69) is 10.4 Å². The fourth-order valence-corrected chi connectivity index (χ4v) is 0.659. The second-order valence-corrected chi connectivity index (χ2v) is 2.24. The number of hydrogen-bond acceptors (Lipinski definition) is 4. The highest BCUT2D eigenvalue weighted by Gasteiger charge is 2.10. The second kappa shape index (κ2) is 2.61. The molecule has 0 atom stereocenters. The Morgan fingerprint density at radius 1 is 1.82 bits per heavy atom. The fourth-order valence-electron chi connectivity index (χ4n) is 0.659. The minimum Gasteiger partial charge on any atom is -0.364 e. The van der Waals surface area contributed by atoms with Crippen LogP contribution in [0.25, 0.3) is 0 Å². The molecule has 1 rings (SSSR count). The van der Waals surface area contributed by atoms with Crippen LogP contribution in [0.5, 0.6) is 0 Å². The Morgan fingerprint density at radius 2 is 2.45 bits per heavy atom. The molecule has 0 saturated heterocycles. The largest absolute Gasteiger partial charge is 0.364 e. The van der Waals surface area contributed by atoms with Crippen LogP contribution in [0.3, 0.4) is 0 Å². The van der Waals surface area contributed by atoms with Crippen LogP contribution in [0, 0.1) is 0 Å². The lowest BCUT2D eigenvalue weighted by Gasteiger charge is -2.22. The first-order valence-corrected chi connectivity index (χ1v) is 3.16. The van der Waals surface area contributed by atoms with E-state index >= 15 is 0 Å². The van der Waals surface area contributed by atoms with Gasteiger partial charge in [-0.2, -0.15) is 0 Å². The van der Waals surface area contributed by atoms with Crippen molar-refractivity contribution in [3.63, 3.8) is 0 Å². The Kier molecular flexibility index (Phi) is 1.80. The van der Waals surface area contributed by atoms with E-state index in [-0.39, 0.29) is 5.70 Å². The van der Waals surface area contributed by atoms with Gasteiger partial charge in [-0.25, -0.2) is 4.99 Å². The minimum atomic E-state index is -0.523. The number of nitrogens with zero attached hydrogens (tertiary/aromatic N) is 2. The summed E-state index contributed by atoms with van der Waals surface area (Å²) in [6, 6.07) is 0. The van der Waals surface area contributed by atoms with Gasteiger partial charge in [-0.1, -0.05) is 0 Å². The first-order chi connectivity index (χ1) is 5.11. The van der Waals surface area contributed by atoms with Gasteiger partial charge in [-0.15, -0.1) is 0 Å². The van der Waals surface area contributed by atoms with Crippen LogP contribution >= 0.6 is 0 Å². The van der Waals surface area contributed by atoms with E-state index in [0.717, 1.165) is 0 Å². The lowest BCUT2D eigenvalue weighted by Crippen LogP contribution is -2.38. The number of primary amides is 1. The highest BCUT2D eigenvalue weighted by Crippen LogP contribution is 2.01. The summed E-state index contributed by atoms with van der Waals surface area (Å²) in [5.41, 5.74) is 8.06. The number of carbonyl (C=O) groups is 1. The summed E-state index contributed by atoms with van der Waals surface area (Å²) < 4.78 is 0. The summed E-state index contributed by atoms with van der Waals surface area (Å²) in [5, 5.41) is 1.69. The minimum absolute atomic E-state index is 0.251. The van der Waals surface area contributed by atoms with Gasteiger partial charge in [0.25, 0.3) is 5.91 Å². The molecule has 1 aliphatic rings. The van der Waals surface area contributed by atoms with E-state index < -0.39 is 5.91 Å². The van der Waals surface area contributed by atoms with E-state index in [1.807, 2.05) is 0 Å². The molecule has 5 heteroatoms. The number of amidine groups is 1. The molecule has 0 fully saturated rings.